The molecule has 3 nitrogen and oxygen atoms in total. The van der Waals surface area contributed by atoms with Gasteiger partial charge in [-0.05, 0) is 36.5 Å². The molecule has 0 fully saturated rings. The zero-order valence-corrected chi connectivity index (χ0v) is 17.6. The van der Waals surface area contributed by atoms with Gasteiger partial charge < -0.3 is 0 Å². The summed E-state index contributed by atoms with van der Waals surface area (Å²) in [5.74, 6) is 0.773. The van der Waals surface area contributed by atoms with E-state index in [-0.39, 0.29) is 34.5 Å². The molecular formula is C22H39NaO3S. The maximum absolute atomic E-state index is 11.1. The van der Waals surface area contributed by atoms with Gasteiger partial charge in [0.25, 0.3) is 10.1 Å². The summed E-state index contributed by atoms with van der Waals surface area (Å²) >= 11 is 0. The molecule has 0 saturated carbocycles. The summed E-state index contributed by atoms with van der Waals surface area (Å²) in [5.41, 5.74) is 1.15. The summed E-state index contributed by atoms with van der Waals surface area (Å²) in [6.07, 6.45) is 16.8. The van der Waals surface area contributed by atoms with E-state index in [9.17, 15) is 8.42 Å². The second-order valence-corrected chi connectivity index (χ2v) is 9.00. The predicted molar refractivity (Wildman–Crippen MR) is 117 cm³/mol. The van der Waals surface area contributed by atoms with E-state index in [0.29, 0.717) is 0 Å². The molecule has 0 amide bonds. The van der Waals surface area contributed by atoms with Crippen LogP contribution < -0.4 is 0 Å². The van der Waals surface area contributed by atoms with E-state index in [1.807, 2.05) is 12.1 Å². The molecule has 0 bridgehead atoms. The number of rotatable bonds is 15. The monoisotopic (exact) mass is 406 g/mol. The van der Waals surface area contributed by atoms with Gasteiger partial charge in [0.2, 0.25) is 0 Å². The Hall–Kier alpha value is 0.130. The molecule has 1 atom stereocenters. The van der Waals surface area contributed by atoms with Gasteiger partial charge in [0.05, 0.1) is 4.90 Å². The third kappa shape index (κ3) is 13.1. The average Bonchev–Trinajstić information content (AvgIpc) is 2.62. The van der Waals surface area contributed by atoms with E-state index in [0.717, 1.165) is 17.9 Å². The van der Waals surface area contributed by atoms with Crippen molar-refractivity contribution in [3.63, 3.8) is 0 Å². The van der Waals surface area contributed by atoms with E-state index in [1.165, 1.54) is 89.2 Å². The van der Waals surface area contributed by atoms with Gasteiger partial charge in [-0.3, -0.25) is 4.55 Å². The summed E-state index contributed by atoms with van der Waals surface area (Å²) in [6.45, 7) is 4.51. The molecule has 0 aliphatic rings. The molecule has 0 aromatic heterocycles. The summed E-state index contributed by atoms with van der Waals surface area (Å²) in [4.78, 5) is -0.0201. The first kappa shape index (κ1) is 27.1. The van der Waals surface area contributed by atoms with Gasteiger partial charge in [-0.1, -0.05) is 96.6 Å². The fraction of sp³-hybridized carbons (Fsp3) is 0.727. The standard InChI is InChI=1S/C22H38O3S.Na.H/c1-3-5-7-9-11-13-20(12-10-8-6-4-2)14-15-21-16-18-22(19-17-21)26(23,24)25;;/h16-20H,3-15H2,1-2H3,(H,23,24,25);;. The number of benzene rings is 1. The van der Waals surface area contributed by atoms with Gasteiger partial charge in [-0.25, -0.2) is 0 Å². The third-order valence-electron chi connectivity index (χ3n) is 5.24. The zero-order valence-electron chi connectivity index (χ0n) is 16.8. The van der Waals surface area contributed by atoms with Gasteiger partial charge in [-0.15, -0.1) is 0 Å². The van der Waals surface area contributed by atoms with Crippen LogP contribution in [0.15, 0.2) is 29.2 Å². The molecule has 0 radical (unpaired) electrons. The molecule has 0 spiro atoms. The summed E-state index contributed by atoms with van der Waals surface area (Å²) < 4.78 is 31.3. The van der Waals surface area contributed by atoms with Gasteiger partial charge in [0, 0.05) is 0 Å². The first-order valence-electron chi connectivity index (χ1n) is 10.5. The van der Waals surface area contributed by atoms with Gasteiger partial charge in [0.15, 0.2) is 0 Å². The molecule has 1 unspecified atom stereocenters. The molecule has 0 aliphatic heterocycles. The third-order valence-corrected chi connectivity index (χ3v) is 6.11. The van der Waals surface area contributed by atoms with E-state index in [2.05, 4.69) is 13.8 Å². The van der Waals surface area contributed by atoms with Crippen LogP contribution in [0.4, 0.5) is 0 Å². The topological polar surface area (TPSA) is 54.4 Å². The van der Waals surface area contributed by atoms with E-state index < -0.39 is 10.1 Å². The molecule has 1 N–H and O–H groups in total. The van der Waals surface area contributed by atoms with Crippen LogP contribution in [0.1, 0.15) is 96.5 Å². The van der Waals surface area contributed by atoms with Crippen LogP contribution in [0.25, 0.3) is 0 Å². The number of unbranched alkanes of at least 4 members (excludes halogenated alkanes) is 7. The number of hydrogen-bond acceptors (Lipinski definition) is 2. The molecule has 1 aromatic carbocycles. The van der Waals surface area contributed by atoms with Crippen LogP contribution in [0.2, 0.25) is 0 Å². The number of aryl methyl sites for hydroxylation is 1. The predicted octanol–water partition coefficient (Wildman–Crippen LogP) is 6.16. The van der Waals surface area contributed by atoms with Crippen LogP contribution in [-0.4, -0.2) is 42.5 Å². The first-order valence-corrected chi connectivity index (χ1v) is 12.0. The average molecular weight is 407 g/mol. The zero-order chi connectivity index (χ0) is 19.3. The van der Waals surface area contributed by atoms with Crippen molar-refractivity contribution in [1.82, 2.24) is 0 Å². The molecule has 0 heterocycles. The van der Waals surface area contributed by atoms with Crippen molar-refractivity contribution in [2.75, 3.05) is 0 Å². The second kappa shape index (κ2) is 16.0. The Labute approximate surface area is 189 Å². The fourth-order valence-electron chi connectivity index (χ4n) is 3.53. The van der Waals surface area contributed by atoms with Crippen molar-refractivity contribution in [2.45, 2.75) is 102 Å². The van der Waals surface area contributed by atoms with Gasteiger partial charge in [-0.2, -0.15) is 8.42 Å². The first-order chi connectivity index (χ1) is 12.5. The minimum absolute atomic E-state index is 0. The quantitative estimate of drug-likeness (QED) is 0.215. The van der Waals surface area contributed by atoms with Crippen LogP contribution in [0.5, 0.6) is 0 Å². The van der Waals surface area contributed by atoms with Crippen LogP contribution >= 0.6 is 0 Å². The van der Waals surface area contributed by atoms with Crippen molar-refractivity contribution < 1.29 is 13.0 Å². The Morgan fingerprint density at radius 3 is 1.74 bits per heavy atom. The SMILES string of the molecule is CCCCCCCC(CCCCCC)CCc1ccc(S(=O)(=O)O)cc1.[NaH]. The summed E-state index contributed by atoms with van der Waals surface area (Å²) in [5, 5.41) is 0. The van der Waals surface area contributed by atoms with E-state index in [4.69, 9.17) is 4.55 Å². The molecule has 27 heavy (non-hydrogen) atoms. The van der Waals surface area contributed by atoms with E-state index in [1.54, 1.807) is 0 Å². The Morgan fingerprint density at radius 1 is 0.778 bits per heavy atom. The van der Waals surface area contributed by atoms with E-state index >= 15 is 0 Å². The summed E-state index contributed by atoms with van der Waals surface area (Å²) in [7, 11) is -4.09. The minimum atomic E-state index is -4.09. The van der Waals surface area contributed by atoms with Crippen LogP contribution in [0.3, 0.4) is 0 Å². The van der Waals surface area contributed by atoms with Crippen molar-refractivity contribution in [3.05, 3.63) is 29.8 Å². The maximum atomic E-state index is 11.1. The van der Waals surface area contributed by atoms with Crippen molar-refractivity contribution >= 4 is 39.7 Å². The number of hydrogen-bond donors (Lipinski definition) is 1. The Morgan fingerprint density at radius 2 is 1.26 bits per heavy atom. The molecule has 0 aliphatic carbocycles. The fourth-order valence-corrected chi connectivity index (χ4v) is 4.01. The molecule has 0 saturated heterocycles. The molecular weight excluding hydrogens is 367 g/mol. The van der Waals surface area contributed by atoms with Crippen LogP contribution in [-0.2, 0) is 16.5 Å². The Balaban J connectivity index is 0.00000676. The van der Waals surface area contributed by atoms with Gasteiger partial charge in [0.1, 0.15) is 0 Å². The van der Waals surface area contributed by atoms with Crippen LogP contribution in [0, 0.1) is 5.92 Å². The Bertz CT molecular complexity index is 570. The Kier molecular flexibility index (Phi) is 16.1. The molecule has 1 aromatic rings. The molecule has 152 valence electrons. The summed E-state index contributed by atoms with van der Waals surface area (Å²) in [6, 6.07) is 6.67. The molecule has 1 rings (SSSR count). The second-order valence-electron chi connectivity index (χ2n) is 7.58. The van der Waals surface area contributed by atoms with Crippen molar-refractivity contribution in [3.8, 4) is 0 Å². The van der Waals surface area contributed by atoms with Gasteiger partial charge >= 0.3 is 29.6 Å². The van der Waals surface area contributed by atoms with Crippen molar-refractivity contribution in [1.29, 1.82) is 0 Å². The van der Waals surface area contributed by atoms with Crippen molar-refractivity contribution in [2.24, 2.45) is 5.92 Å². The normalized spacial score (nSPS) is 12.6. The molecule has 5 heteroatoms.